The zero-order valence-corrected chi connectivity index (χ0v) is 10.6. The first-order chi connectivity index (χ1) is 7.27. The molecule has 0 aliphatic carbocycles. The van der Waals surface area contributed by atoms with E-state index in [0.717, 1.165) is 26.4 Å². The van der Waals surface area contributed by atoms with Crippen molar-refractivity contribution in [2.24, 2.45) is 0 Å². The van der Waals surface area contributed by atoms with Crippen molar-refractivity contribution in [2.75, 3.05) is 5.73 Å². The average molecular weight is 299 g/mol. The van der Waals surface area contributed by atoms with Gasteiger partial charge in [-0.25, -0.2) is 0 Å². The van der Waals surface area contributed by atoms with Crippen LogP contribution in [0, 0.1) is 0 Å². The van der Waals surface area contributed by atoms with E-state index in [1.165, 1.54) is 0 Å². The van der Waals surface area contributed by atoms with Gasteiger partial charge in [-0.2, -0.15) is 0 Å². The first kappa shape index (κ1) is 11.3. The van der Waals surface area contributed by atoms with Gasteiger partial charge in [0.05, 0.1) is 5.69 Å². The van der Waals surface area contributed by atoms with Gasteiger partial charge in [0.15, 0.2) is 5.58 Å². The molecule has 0 amide bonds. The zero-order valence-electron chi connectivity index (χ0n) is 8.24. The maximum atomic E-state index is 5.87. The number of anilines is 1. The van der Waals surface area contributed by atoms with Gasteiger partial charge >= 0.3 is 0 Å². The van der Waals surface area contributed by atoms with E-state index < -0.39 is 0 Å². The van der Waals surface area contributed by atoms with Gasteiger partial charge in [-0.05, 0) is 18.2 Å². The van der Waals surface area contributed by atoms with Crippen LogP contribution in [0.1, 0.15) is 0 Å². The van der Waals surface area contributed by atoms with Gasteiger partial charge in [0.1, 0.15) is 5.58 Å². The molecule has 3 rings (SSSR count). The Kier molecular flexibility index (Phi) is 2.82. The number of hydrogen-bond donors (Lipinski definition) is 1. The fourth-order valence-electron chi connectivity index (χ4n) is 1.81. The van der Waals surface area contributed by atoms with Crippen LogP contribution in [0.2, 0.25) is 0 Å². The molecule has 0 aliphatic rings. The van der Waals surface area contributed by atoms with Gasteiger partial charge in [0.2, 0.25) is 0 Å². The van der Waals surface area contributed by atoms with Crippen LogP contribution in [0.25, 0.3) is 21.9 Å². The van der Waals surface area contributed by atoms with E-state index in [4.69, 9.17) is 10.2 Å². The highest BCUT2D eigenvalue weighted by Crippen LogP contribution is 2.36. The Morgan fingerprint density at radius 2 is 1.81 bits per heavy atom. The molecule has 0 aliphatic heterocycles. The van der Waals surface area contributed by atoms with E-state index in [1.807, 2.05) is 36.4 Å². The summed E-state index contributed by atoms with van der Waals surface area (Å²) in [5.74, 6) is 0. The molecule has 2 N–H and O–H groups in total. The third-order valence-electron chi connectivity index (χ3n) is 2.51. The van der Waals surface area contributed by atoms with Crippen LogP contribution < -0.4 is 5.73 Å². The Balaban J connectivity index is 0.000000963. The molecule has 2 aromatic carbocycles. The van der Waals surface area contributed by atoms with Crippen LogP contribution in [0.15, 0.2) is 45.3 Å². The summed E-state index contributed by atoms with van der Waals surface area (Å²) in [6.07, 6.45) is 0. The van der Waals surface area contributed by atoms with E-state index in [1.54, 1.807) is 0 Å². The molecule has 82 valence electrons. The Hall–Kier alpha value is -1.19. The van der Waals surface area contributed by atoms with Crippen molar-refractivity contribution < 1.29 is 4.42 Å². The van der Waals surface area contributed by atoms with Crippen molar-refractivity contribution in [3.63, 3.8) is 0 Å². The van der Waals surface area contributed by atoms with Crippen LogP contribution in [-0.2, 0) is 0 Å². The lowest BCUT2D eigenvalue weighted by atomic mass is 10.1. The quantitative estimate of drug-likeness (QED) is 0.627. The highest BCUT2D eigenvalue weighted by atomic mass is 79.9. The first-order valence-electron chi connectivity index (χ1n) is 4.62. The largest absolute Gasteiger partial charge is 0.454 e. The summed E-state index contributed by atoms with van der Waals surface area (Å²) in [6.45, 7) is 0. The predicted molar refractivity (Wildman–Crippen MR) is 73.1 cm³/mol. The van der Waals surface area contributed by atoms with Crippen LogP contribution >= 0.6 is 28.3 Å². The van der Waals surface area contributed by atoms with Crippen molar-refractivity contribution in [2.45, 2.75) is 0 Å². The second-order valence-electron chi connectivity index (χ2n) is 3.44. The molecule has 0 spiro atoms. The summed E-state index contributed by atoms with van der Waals surface area (Å²) in [7, 11) is 0. The molecular formula is C12H9BrClNO. The smallest absolute Gasteiger partial charge is 0.159 e. The lowest BCUT2D eigenvalue weighted by Crippen LogP contribution is -1.84. The normalized spacial score (nSPS) is 10.6. The molecule has 0 atom stereocenters. The molecule has 0 radical (unpaired) electrons. The summed E-state index contributed by atoms with van der Waals surface area (Å²) in [4.78, 5) is 0. The molecule has 0 bridgehead atoms. The zero-order chi connectivity index (χ0) is 10.4. The number of rotatable bonds is 0. The summed E-state index contributed by atoms with van der Waals surface area (Å²) in [5.41, 5.74) is 8.17. The minimum absolute atomic E-state index is 0. The lowest BCUT2D eigenvalue weighted by molar-refractivity contribution is 0.670. The molecule has 1 heterocycles. The van der Waals surface area contributed by atoms with Gasteiger partial charge < -0.3 is 10.2 Å². The number of para-hydroxylation sites is 1. The third kappa shape index (κ3) is 1.47. The predicted octanol–water partition coefficient (Wildman–Crippen LogP) is 4.35. The number of fused-ring (bicyclic) bond motifs is 3. The van der Waals surface area contributed by atoms with Gasteiger partial charge in [-0.1, -0.05) is 34.1 Å². The number of benzene rings is 2. The fourth-order valence-corrected chi connectivity index (χ4v) is 2.33. The molecule has 0 unspecified atom stereocenters. The number of nitrogen functional groups attached to an aromatic ring is 1. The van der Waals surface area contributed by atoms with Crippen LogP contribution in [0.5, 0.6) is 0 Å². The monoisotopic (exact) mass is 297 g/mol. The molecule has 0 saturated heterocycles. The Morgan fingerprint density at radius 3 is 2.62 bits per heavy atom. The molecule has 3 aromatic rings. The molecule has 0 fully saturated rings. The van der Waals surface area contributed by atoms with E-state index in [2.05, 4.69) is 15.9 Å². The Morgan fingerprint density at radius 1 is 1.06 bits per heavy atom. The first-order valence-corrected chi connectivity index (χ1v) is 5.42. The standard InChI is InChI=1S/C12H8BrNO.ClH/c13-8-5-6-9(14)12-11(8)7-3-1-2-4-10(7)15-12;/h1-6H,14H2;1H. The number of nitrogens with two attached hydrogens (primary N) is 1. The Bertz CT molecular complexity index is 662. The van der Waals surface area contributed by atoms with E-state index in [0.29, 0.717) is 5.69 Å². The maximum Gasteiger partial charge on any atom is 0.159 e. The highest BCUT2D eigenvalue weighted by Gasteiger charge is 2.11. The van der Waals surface area contributed by atoms with Crippen molar-refractivity contribution in [1.29, 1.82) is 0 Å². The maximum absolute atomic E-state index is 5.87. The third-order valence-corrected chi connectivity index (χ3v) is 3.17. The number of hydrogen-bond acceptors (Lipinski definition) is 2. The topological polar surface area (TPSA) is 39.2 Å². The number of furan rings is 1. The highest BCUT2D eigenvalue weighted by molar-refractivity contribution is 9.10. The summed E-state index contributed by atoms with van der Waals surface area (Å²) >= 11 is 3.52. The molecule has 0 saturated carbocycles. The minimum atomic E-state index is 0. The minimum Gasteiger partial charge on any atom is -0.454 e. The molecular weight excluding hydrogens is 289 g/mol. The Labute approximate surface area is 107 Å². The van der Waals surface area contributed by atoms with Crippen LogP contribution in [0.4, 0.5) is 5.69 Å². The van der Waals surface area contributed by atoms with E-state index in [9.17, 15) is 0 Å². The van der Waals surface area contributed by atoms with Crippen LogP contribution in [-0.4, -0.2) is 0 Å². The van der Waals surface area contributed by atoms with Crippen LogP contribution in [0.3, 0.4) is 0 Å². The summed E-state index contributed by atoms with van der Waals surface area (Å²) in [6, 6.07) is 11.7. The van der Waals surface area contributed by atoms with Gasteiger partial charge in [-0.15, -0.1) is 12.4 Å². The van der Waals surface area contributed by atoms with Gasteiger partial charge in [-0.3, -0.25) is 0 Å². The molecule has 16 heavy (non-hydrogen) atoms. The molecule has 4 heteroatoms. The summed E-state index contributed by atoms with van der Waals surface area (Å²) in [5, 5.41) is 2.14. The summed E-state index contributed by atoms with van der Waals surface area (Å²) < 4.78 is 6.72. The molecule has 1 aromatic heterocycles. The lowest BCUT2D eigenvalue weighted by Gasteiger charge is -1.96. The van der Waals surface area contributed by atoms with Crippen molar-refractivity contribution >= 4 is 56.0 Å². The van der Waals surface area contributed by atoms with Crippen molar-refractivity contribution in [3.05, 3.63) is 40.9 Å². The van der Waals surface area contributed by atoms with Crippen molar-refractivity contribution in [3.8, 4) is 0 Å². The van der Waals surface area contributed by atoms with Gasteiger partial charge in [0, 0.05) is 15.2 Å². The van der Waals surface area contributed by atoms with Gasteiger partial charge in [0.25, 0.3) is 0 Å². The van der Waals surface area contributed by atoms with E-state index in [-0.39, 0.29) is 12.4 Å². The van der Waals surface area contributed by atoms with Crippen molar-refractivity contribution in [1.82, 2.24) is 0 Å². The fraction of sp³-hybridized carbons (Fsp3) is 0. The second-order valence-corrected chi connectivity index (χ2v) is 4.29. The average Bonchev–Trinajstić information content (AvgIpc) is 2.64. The number of halogens is 2. The second kappa shape index (κ2) is 4.00. The van der Waals surface area contributed by atoms with E-state index >= 15 is 0 Å². The SMILES string of the molecule is Cl.Nc1ccc(Br)c2c1oc1ccccc12. The molecule has 2 nitrogen and oxygen atoms in total.